The van der Waals surface area contributed by atoms with Gasteiger partial charge in [-0.1, -0.05) is 23.7 Å². The van der Waals surface area contributed by atoms with Gasteiger partial charge in [-0.2, -0.15) is 0 Å². The van der Waals surface area contributed by atoms with Crippen LogP contribution >= 0.6 is 11.6 Å². The van der Waals surface area contributed by atoms with Crippen molar-refractivity contribution in [1.29, 1.82) is 0 Å². The first-order valence-corrected chi connectivity index (χ1v) is 13.9. The Morgan fingerprint density at radius 1 is 1.07 bits per heavy atom. The number of piperidine rings is 1. The number of aromatic nitrogens is 2. The molecule has 3 aromatic rings. The molecule has 1 N–H and O–H groups in total. The van der Waals surface area contributed by atoms with Crippen molar-refractivity contribution in [2.75, 3.05) is 19.6 Å². The van der Waals surface area contributed by atoms with E-state index >= 15 is 0 Å². The number of urea groups is 1. The minimum atomic E-state index is -0.990. The Balaban J connectivity index is 1.20. The van der Waals surface area contributed by atoms with Crippen molar-refractivity contribution in [2.45, 2.75) is 57.8 Å². The predicted molar refractivity (Wildman–Crippen MR) is 152 cm³/mol. The summed E-state index contributed by atoms with van der Waals surface area (Å²) in [6.45, 7) is 9.33. The van der Waals surface area contributed by atoms with Crippen LogP contribution in [0.3, 0.4) is 0 Å². The molecule has 1 aromatic heterocycles. The van der Waals surface area contributed by atoms with E-state index in [0.29, 0.717) is 23.9 Å². The van der Waals surface area contributed by atoms with Crippen LogP contribution < -0.4 is 4.74 Å². The van der Waals surface area contributed by atoms with Gasteiger partial charge in [0.25, 0.3) is 0 Å². The van der Waals surface area contributed by atoms with Gasteiger partial charge in [0.2, 0.25) is 0 Å². The molecule has 3 heterocycles. The number of hydrogen-bond acceptors (Lipinski definition) is 6. The highest BCUT2D eigenvalue weighted by atomic mass is 35.5. The van der Waals surface area contributed by atoms with Gasteiger partial charge in [0, 0.05) is 60.7 Å². The topological polar surface area (TPSA) is 99.1 Å². The molecular formula is C30H34ClN5O4. The molecule has 40 heavy (non-hydrogen) atoms. The number of benzene rings is 2. The van der Waals surface area contributed by atoms with Crippen LogP contribution in [-0.2, 0) is 6.54 Å². The highest BCUT2D eigenvalue weighted by Gasteiger charge is 2.46. The van der Waals surface area contributed by atoms with E-state index in [1.165, 1.54) is 12.1 Å². The number of aromatic carboxylic acids is 1. The smallest absolute Gasteiger partial charge is 0.335 e. The monoisotopic (exact) mass is 563 g/mol. The first-order chi connectivity index (χ1) is 19.1. The number of carboxylic acids is 1. The van der Waals surface area contributed by atoms with Gasteiger partial charge >= 0.3 is 18.0 Å². The number of carbonyl (C=O) groups is 2. The third-order valence-electron chi connectivity index (χ3n) is 7.53. The fourth-order valence-electron chi connectivity index (χ4n) is 5.43. The number of nitrogens with zero attached hydrogens (tertiary/aromatic N) is 5. The van der Waals surface area contributed by atoms with E-state index in [2.05, 4.69) is 46.6 Å². The third kappa shape index (κ3) is 6.21. The van der Waals surface area contributed by atoms with Gasteiger partial charge in [0.15, 0.2) is 0 Å². The van der Waals surface area contributed by atoms with E-state index in [-0.39, 0.29) is 35.2 Å². The maximum atomic E-state index is 13.7. The Morgan fingerprint density at radius 3 is 2.35 bits per heavy atom. The summed E-state index contributed by atoms with van der Waals surface area (Å²) in [7, 11) is 0. The van der Waals surface area contributed by atoms with E-state index < -0.39 is 5.97 Å². The zero-order valence-corrected chi connectivity index (χ0v) is 23.7. The molecule has 2 saturated heterocycles. The molecule has 2 amide bonds. The molecule has 10 heteroatoms. The predicted octanol–water partition coefficient (Wildman–Crippen LogP) is 5.86. The lowest BCUT2D eigenvalue weighted by molar-refractivity contribution is 0.0696. The molecule has 2 aromatic carbocycles. The van der Waals surface area contributed by atoms with Crippen LogP contribution in [0.2, 0.25) is 5.02 Å². The summed E-state index contributed by atoms with van der Waals surface area (Å²) in [6, 6.07) is 14.4. The SMILES string of the molecule is CC(C)(C)N1CC(c2cccc(Cl)c2)N(C2CCN(Cc3cnc(Oc4ccc(C(=O)O)cc4)nc3)CC2)C1=O. The highest BCUT2D eigenvalue weighted by molar-refractivity contribution is 6.30. The molecule has 0 bridgehead atoms. The molecule has 0 saturated carbocycles. The number of amides is 2. The van der Waals surface area contributed by atoms with Crippen LogP contribution in [0.15, 0.2) is 60.9 Å². The largest absolute Gasteiger partial charge is 0.478 e. The van der Waals surface area contributed by atoms with E-state index in [0.717, 1.165) is 37.1 Å². The van der Waals surface area contributed by atoms with Crippen LogP contribution in [0.25, 0.3) is 0 Å². The quantitative estimate of drug-likeness (QED) is 0.384. The van der Waals surface area contributed by atoms with E-state index in [4.69, 9.17) is 21.4 Å². The second-order valence-electron chi connectivity index (χ2n) is 11.4. The van der Waals surface area contributed by atoms with Crippen LogP contribution in [0, 0.1) is 0 Å². The lowest BCUT2D eigenvalue weighted by Gasteiger charge is -2.39. The molecule has 5 rings (SSSR count). The van der Waals surface area contributed by atoms with Crippen molar-refractivity contribution in [3.05, 3.63) is 82.6 Å². The molecule has 210 valence electrons. The summed E-state index contributed by atoms with van der Waals surface area (Å²) in [5.41, 5.74) is 1.97. The number of halogens is 1. The summed E-state index contributed by atoms with van der Waals surface area (Å²) in [4.78, 5) is 39.7. The molecule has 2 fully saturated rings. The average molecular weight is 564 g/mol. The third-order valence-corrected chi connectivity index (χ3v) is 7.77. The van der Waals surface area contributed by atoms with Crippen molar-refractivity contribution >= 4 is 23.6 Å². The van der Waals surface area contributed by atoms with Crippen LogP contribution in [0.1, 0.15) is 61.1 Å². The first-order valence-electron chi connectivity index (χ1n) is 13.5. The standard InChI is InChI=1S/C30H34ClN5O4/c1-30(2,3)35-19-26(22-5-4-6-23(31)15-22)36(29(35)39)24-11-13-34(14-12-24)18-20-16-32-28(33-17-20)40-25-9-7-21(8-10-25)27(37)38/h4-10,15-17,24,26H,11-14,18-19H2,1-3H3,(H,37,38). The van der Waals surface area contributed by atoms with Crippen molar-refractivity contribution in [2.24, 2.45) is 0 Å². The molecular weight excluding hydrogens is 530 g/mol. The fourth-order valence-corrected chi connectivity index (χ4v) is 5.62. The molecule has 9 nitrogen and oxygen atoms in total. The summed E-state index contributed by atoms with van der Waals surface area (Å²) in [6.07, 6.45) is 5.27. The number of carboxylic acid groups (broad SMARTS) is 1. The maximum absolute atomic E-state index is 13.7. The summed E-state index contributed by atoms with van der Waals surface area (Å²) in [5.74, 6) is -0.520. The van der Waals surface area contributed by atoms with Crippen molar-refractivity contribution in [3.8, 4) is 11.8 Å². The summed E-state index contributed by atoms with van der Waals surface area (Å²) in [5, 5.41) is 9.71. The molecule has 1 atom stereocenters. The molecule has 0 spiro atoms. The average Bonchev–Trinajstić information content (AvgIpc) is 3.28. The van der Waals surface area contributed by atoms with Crippen molar-refractivity contribution in [3.63, 3.8) is 0 Å². The first kappa shape index (κ1) is 27.9. The minimum Gasteiger partial charge on any atom is -0.478 e. The fraction of sp³-hybridized carbons (Fsp3) is 0.400. The van der Waals surface area contributed by atoms with Gasteiger partial charge in [-0.05, 0) is 75.6 Å². The molecule has 2 aliphatic heterocycles. The van der Waals surface area contributed by atoms with Crippen molar-refractivity contribution < 1.29 is 19.4 Å². The van der Waals surface area contributed by atoms with E-state index in [1.807, 2.05) is 23.1 Å². The second-order valence-corrected chi connectivity index (χ2v) is 11.8. The second kappa shape index (κ2) is 11.4. The Kier molecular flexibility index (Phi) is 7.96. The van der Waals surface area contributed by atoms with Crippen molar-refractivity contribution in [1.82, 2.24) is 24.7 Å². The normalized spacial score (nSPS) is 18.8. The molecule has 1 unspecified atom stereocenters. The van der Waals surface area contributed by atoms with Crippen LogP contribution in [0.4, 0.5) is 4.79 Å². The summed E-state index contributed by atoms with van der Waals surface area (Å²) >= 11 is 6.32. The number of rotatable bonds is 7. The van der Waals surface area contributed by atoms with Gasteiger partial charge in [-0.25, -0.2) is 19.6 Å². The molecule has 0 aliphatic carbocycles. The van der Waals surface area contributed by atoms with Gasteiger partial charge in [0.05, 0.1) is 11.6 Å². The minimum absolute atomic E-state index is 0.0248. The Hall–Kier alpha value is -3.69. The number of carbonyl (C=O) groups excluding carboxylic acids is 1. The van der Waals surface area contributed by atoms with Gasteiger partial charge in [0.1, 0.15) is 5.75 Å². The van der Waals surface area contributed by atoms with Gasteiger partial charge < -0.3 is 19.6 Å². The van der Waals surface area contributed by atoms with Gasteiger partial charge in [-0.15, -0.1) is 0 Å². The Bertz CT molecular complexity index is 1350. The lowest BCUT2D eigenvalue weighted by Crippen LogP contribution is -2.49. The zero-order valence-electron chi connectivity index (χ0n) is 23.0. The van der Waals surface area contributed by atoms with Crippen LogP contribution in [0.5, 0.6) is 11.8 Å². The Morgan fingerprint density at radius 2 is 1.75 bits per heavy atom. The van der Waals surface area contributed by atoms with Crippen LogP contribution in [-0.4, -0.2) is 73.0 Å². The maximum Gasteiger partial charge on any atom is 0.335 e. The van der Waals surface area contributed by atoms with E-state index in [1.54, 1.807) is 24.5 Å². The molecule has 2 aliphatic rings. The highest BCUT2D eigenvalue weighted by Crippen LogP contribution is 2.38. The van der Waals surface area contributed by atoms with Gasteiger partial charge in [-0.3, -0.25) is 4.90 Å². The number of likely N-dealkylation sites (tertiary alicyclic amines) is 1. The summed E-state index contributed by atoms with van der Waals surface area (Å²) < 4.78 is 5.65. The number of hydrogen-bond donors (Lipinski definition) is 1. The lowest BCUT2D eigenvalue weighted by atomic mass is 9.98. The molecule has 0 radical (unpaired) electrons. The zero-order chi connectivity index (χ0) is 28.4. The Labute approximate surface area is 239 Å². The number of ether oxygens (including phenoxy) is 1. The van der Waals surface area contributed by atoms with E-state index in [9.17, 15) is 9.59 Å².